The standard InChI is InChI=1S/C12H15NO2S/c1-9(14)11(13)7-12(15)16-8-10-5-3-2-4-6-10/h2-6,11H,7-8,13H2,1H3. The predicted molar refractivity (Wildman–Crippen MR) is 66.0 cm³/mol. The quantitative estimate of drug-likeness (QED) is 0.847. The number of Topliss-reactive ketones (excluding diaryl/α,β-unsaturated/α-hetero) is 1. The van der Waals surface area contributed by atoms with Crippen molar-refractivity contribution in [1.82, 2.24) is 0 Å². The van der Waals surface area contributed by atoms with Crippen LogP contribution in [0.25, 0.3) is 0 Å². The highest BCUT2D eigenvalue weighted by Crippen LogP contribution is 2.14. The molecule has 0 radical (unpaired) electrons. The van der Waals surface area contributed by atoms with E-state index in [0.29, 0.717) is 5.75 Å². The maximum atomic E-state index is 11.5. The predicted octanol–water partition coefficient (Wildman–Crippen LogP) is 1.75. The lowest BCUT2D eigenvalue weighted by molar-refractivity contribution is -0.121. The first-order valence-corrected chi connectivity index (χ1v) is 6.03. The molecule has 0 bridgehead atoms. The van der Waals surface area contributed by atoms with Gasteiger partial charge in [-0.05, 0) is 12.5 Å². The molecule has 3 nitrogen and oxygen atoms in total. The molecule has 16 heavy (non-hydrogen) atoms. The second-order valence-corrected chi connectivity index (χ2v) is 4.60. The molecular formula is C12H15NO2S. The third kappa shape index (κ3) is 4.59. The average Bonchev–Trinajstić information content (AvgIpc) is 2.27. The monoisotopic (exact) mass is 237 g/mol. The number of nitrogens with two attached hydrogens (primary N) is 1. The lowest BCUT2D eigenvalue weighted by Gasteiger charge is -2.06. The molecule has 1 aromatic rings. The van der Waals surface area contributed by atoms with Crippen LogP contribution in [0.5, 0.6) is 0 Å². The normalized spacial score (nSPS) is 12.1. The first-order valence-electron chi connectivity index (χ1n) is 5.05. The van der Waals surface area contributed by atoms with Crippen LogP contribution in [0.4, 0.5) is 0 Å². The molecule has 2 N–H and O–H groups in total. The highest BCUT2D eigenvalue weighted by atomic mass is 32.2. The molecule has 0 amide bonds. The summed E-state index contributed by atoms with van der Waals surface area (Å²) in [5.74, 6) is 0.485. The largest absolute Gasteiger partial charge is 0.321 e. The molecule has 0 heterocycles. The van der Waals surface area contributed by atoms with Crippen molar-refractivity contribution in [3.8, 4) is 0 Å². The number of carbonyl (C=O) groups excluding carboxylic acids is 2. The van der Waals surface area contributed by atoms with Gasteiger partial charge in [-0.3, -0.25) is 9.59 Å². The minimum Gasteiger partial charge on any atom is -0.321 e. The molecule has 1 unspecified atom stereocenters. The van der Waals surface area contributed by atoms with Crippen molar-refractivity contribution in [2.75, 3.05) is 0 Å². The Hall–Kier alpha value is -1.13. The molecule has 0 aromatic heterocycles. The highest BCUT2D eigenvalue weighted by molar-refractivity contribution is 8.12. The van der Waals surface area contributed by atoms with Gasteiger partial charge in [-0.15, -0.1) is 0 Å². The van der Waals surface area contributed by atoms with Gasteiger partial charge in [-0.2, -0.15) is 0 Å². The van der Waals surface area contributed by atoms with Gasteiger partial charge in [0, 0.05) is 12.2 Å². The van der Waals surface area contributed by atoms with Gasteiger partial charge in [-0.25, -0.2) is 0 Å². The lowest BCUT2D eigenvalue weighted by Crippen LogP contribution is -2.30. The molecule has 1 rings (SSSR count). The van der Waals surface area contributed by atoms with Crippen molar-refractivity contribution in [2.45, 2.75) is 25.1 Å². The zero-order chi connectivity index (χ0) is 12.0. The van der Waals surface area contributed by atoms with E-state index in [-0.39, 0.29) is 17.3 Å². The van der Waals surface area contributed by atoms with Crippen LogP contribution in [0.3, 0.4) is 0 Å². The Bertz CT molecular complexity index is 365. The molecule has 1 aromatic carbocycles. The van der Waals surface area contributed by atoms with Crippen LogP contribution in [-0.2, 0) is 15.3 Å². The molecular weight excluding hydrogens is 222 g/mol. The number of thioether (sulfide) groups is 1. The summed E-state index contributed by atoms with van der Waals surface area (Å²) < 4.78 is 0. The van der Waals surface area contributed by atoms with E-state index in [0.717, 1.165) is 5.56 Å². The van der Waals surface area contributed by atoms with Crippen LogP contribution < -0.4 is 5.73 Å². The third-order valence-electron chi connectivity index (χ3n) is 2.15. The average molecular weight is 237 g/mol. The summed E-state index contributed by atoms with van der Waals surface area (Å²) in [7, 11) is 0. The van der Waals surface area contributed by atoms with Crippen molar-refractivity contribution in [1.29, 1.82) is 0 Å². The van der Waals surface area contributed by atoms with Crippen molar-refractivity contribution in [2.24, 2.45) is 5.73 Å². The van der Waals surface area contributed by atoms with Crippen molar-refractivity contribution >= 4 is 22.7 Å². The second kappa shape index (κ2) is 6.45. The SMILES string of the molecule is CC(=O)C(N)CC(=O)SCc1ccccc1. The summed E-state index contributed by atoms with van der Waals surface area (Å²) in [5, 5.41) is -0.0356. The summed E-state index contributed by atoms with van der Waals surface area (Å²) in [6.07, 6.45) is 0.118. The van der Waals surface area contributed by atoms with Crippen LogP contribution in [-0.4, -0.2) is 16.9 Å². The van der Waals surface area contributed by atoms with Crippen LogP contribution in [0, 0.1) is 0 Å². The fraction of sp³-hybridized carbons (Fsp3) is 0.333. The number of carbonyl (C=O) groups is 2. The molecule has 0 aliphatic carbocycles. The van der Waals surface area contributed by atoms with Crippen LogP contribution in [0.15, 0.2) is 30.3 Å². The van der Waals surface area contributed by atoms with Crippen LogP contribution in [0.2, 0.25) is 0 Å². The zero-order valence-electron chi connectivity index (χ0n) is 9.18. The van der Waals surface area contributed by atoms with Crippen molar-refractivity contribution in [3.63, 3.8) is 0 Å². The van der Waals surface area contributed by atoms with E-state index >= 15 is 0 Å². The zero-order valence-corrected chi connectivity index (χ0v) is 10.00. The van der Waals surface area contributed by atoms with E-state index in [9.17, 15) is 9.59 Å². The fourth-order valence-electron chi connectivity index (χ4n) is 1.12. The Labute approximate surface area is 99.4 Å². The smallest absolute Gasteiger partial charge is 0.191 e. The van der Waals surface area contributed by atoms with E-state index in [4.69, 9.17) is 5.73 Å². The van der Waals surface area contributed by atoms with Gasteiger partial charge in [-0.1, -0.05) is 42.1 Å². The number of benzene rings is 1. The summed E-state index contributed by atoms with van der Waals surface area (Å²) in [4.78, 5) is 22.3. The molecule has 0 fully saturated rings. The lowest BCUT2D eigenvalue weighted by atomic mass is 10.2. The van der Waals surface area contributed by atoms with Gasteiger partial charge in [0.05, 0.1) is 6.04 Å². The summed E-state index contributed by atoms with van der Waals surface area (Å²) in [5.41, 5.74) is 6.60. The minimum atomic E-state index is -0.657. The molecule has 0 aliphatic heterocycles. The van der Waals surface area contributed by atoms with E-state index in [2.05, 4.69) is 0 Å². The number of rotatable bonds is 5. The molecule has 0 aliphatic rings. The van der Waals surface area contributed by atoms with Crippen molar-refractivity contribution < 1.29 is 9.59 Å². The summed E-state index contributed by atoms with van der Waals surface area (Å²) >= 11 is 1.20. The minimum absolute atomic E-state index is 0.0356. The first-order chi connectivity index (χ1) is 7.59. The molecule has 1 atom stereocenters. The van der Waals surface area contributed by atoms with Crippen LogP contribution in [0.1, 0.15) is 18.9 Å². The second-order valence-electron chi connectivity index (χ2n) is 3.57. The van der Waals surface area contributed by atoms with Gasteiger partial charge in [0.25, 0.3) is 0 Å². The maximum Gasteiger partial charge on any atom is 0.191 e. The number of ketones is 1. The van der Waals surface area contributed by atoms with Gasteiger partial charge in [0.15, 0.2) is 5.12 Å². The van der Waals surface area contributed by atoms with E-state index < -0.39 is 6.04 Å². The maximum absolute atomic E-state index is 11.5. The molecule has 86 valence electrons. The van der Waals surface area contributed by atoms with Gasteiger partial charge in [0.1, 0.15) is 5.78 Å². The Morgan fingerprint density at radius 3 is 2.50 bits per heavy atom. The Kier molecular flexibility index (Phi) is 5.22. The molecule has 0 saturated carbocycles. The Morgan fingerprint density at radius 1 is 1.31 bits per heavy atom. The molecule has 0 spiro atoms. The Balaban J connectivity index is 2.33. The van der Waals surface area contributed by atoms with E-state index in [1.807, 2.05) is 30.3 Å². The van der Waals surface area contributed by atoms with Gasteiger partial charge < -0.3 is 5.73 Å². The number of hydrogen-bond acceptors (Lipinski definition) is 4. The van der Waals surface area contributed by atoms with Crippen LogP contribution >= 0.6 is 11.8 Å². The fourth-order valence-corrected chi connectivity index (χ4v) is 1.94. The molecule has 0 saturated heterocycles. The highest BCUT2D eigenvalue weighted by Gasteiger charge is 2.13. The van der Waals surface area contributed by atoms with E-state index in [1.54, 1.807) is 0 Å². The summed E-state index contributed by atoms with van der Waals surface area (Å²) in [6.45, 7) is 1.40. The van der Waals surface area contributed by atoms with Crippen molar-refractivity contribution in [3.05, 3.63) is 35.9 Å². The Morgan fingerprint density at radius 2 is 1.94 bits per heavy atom. The molecule has 4 heteroatoms. The summed E-state index contributed by atoms with van der Waals surface area (Å²) in [6, 6.07) is 9.07. The third-order valence-corrected chi connectivity index (χ3v) is 3.12. The topological polar surface area (TPSA) is 60.2 Å². The van der Waals surface area contributed by atoms with Gasteiger partial charge >= 0.3 is 0 Å². The van der Waals surface area contributed by atoms with Gasteiger partial charge in [0.2, 0.25) is 0 Å². The van der Waals surface area contributed by atoms with E-state index in [1.165, 1.54) is 18.7 Å². The number of hydrogen-bond donors (Lipinski definition) is 1. The first kappa shape index (κ1) is 12.9.